The fourth-order valence-electron chi connectivity index (χ4n) is 3.16. The van der Waals surface area contributed by atoms with Gasteiger partial charge < -0.3 is 10.6 Å². The second kappa shape index (κ2) is 10.5. The van der Waals surface area contributed by atoms with Crippen LogP contribution in [0.15, 0.2) is 54.6 Å². The molecule has 1 aromatic heterocycles. The summed E-state index contributed by atoms with van der Waals surface area (Å²) >= 11 is 0. The van der Waals surface area contributed by atoms with Gasteiger partial charge >= 0.3 is 0 Å². The van der Waals surface area contributed by atoms with Crippen molar-refractivity contribution in [3.05, 3.63) is 66.1 Å². The van der Waals surface area contributed by atoms with E-state index in [0.29, 0.717) is 11.4 Å². The Labute approximate surface area is 180 Å². The minimum atomic E-state index is -0.270. The number of aromatic amines is 1. The van der Waals surface area contributed by atoms with Crippen LogP contribution in [-0.2, 0) is 16.0 Å². The summed E-state index contributed by atoms with van der Waals surface area (Å²) < 4.78 is 13.0. The lowest BCUT2D eigenvalue weighted by Gasteiger charge is -2.16. The molecule has 3 rings (SSSR count). The van der Waals surface area contributed by atoms with Crippen LogP contribution in [0.4, 0.5) is 15.8 Å². The van der Waals surface area contributed by atoms with Gasteiger partial charge in [-0.1, -0.05) is 0 Å². The first-order chi connectivity index (χ1) is 14.9. The average molecular weight is 423 g/mol. The van der Waals surface area contributed by atoms with Crippen molar-refractivity contribution in [2.24, 2.45) is 0 Å². The lowest BCUT2D eigenvalue weighted by Crippen LogP contribution is -2.31. The number of anilines is 2. The zero-order valence-corrected chi connectivity index (χ0v) is 17.6. The number of rotatable bonds is 9. The fraction of sp³-hybridized carbons (Fsp3) is 0.261. The maximum atomic E-state index is 13.0. The predicted octanol–water partition coefficient (Wildman–Crippen LogP) is 3.68. The molecule has 0 aliphatic rings. The van der Waals surface area contributed by atoms with Gasteiger partial charge in [-0.2, -0.15) is 5.10 Å². The van der Waals surface area contributed by atoms with Crippen LogP contribution in [0, 0.1) is 5.82 Å². The van der Waals surface area contributed by atoms with Crippen molar-refractivity contribution >= 4 is 23.2 Å². The summed E-state index contributed by atoms with van der Waals surface area (Å²) in [5.41, 5.74) is 4.01. The van der Waals surface area contributed by atoms with Gasteiger partial charge in [0.05, 0.1) is 12.2 Å². The van der Waals surface area contributed by atoms with Gasteiger partial charge in [0.1, 0.15) is 5.82 Å². The number of hydrogen-bond donors (Lipinski definition) is 3. The Hall–Kier alpha value is -3.52. The molecule has 3 N–H and O–H groups in total. The molecule has 0 saturated carbocycles. The number of benzene rings is 2. The highest BCUT2D eigenvalue weighted by Gasteiger charge is 2.09. The fourth-order valence-corrected chi connectivity index (χ4v) is 3.16. The summed E-state index contributed by atoms with van der Waals surface area (Å²) in [6.07, 6.45) is 1.66. The van der Waals surface area contributed by atoms with Gasteiger partial charge in [0.2, 0.25) is 11.8 Å². The highest BCUT2D eigenvalue weighted by atomic mass is 19.1. The van der Waals surface area contributed by atoms with Crippen molar-refractivity contribution in [2.75, 3.05) is 30.8 Å². The maximum Gasteiger partial charge on any atom is 0.238 e. The third-order valence-corrected chi connectivity index (χ3v) is 4.66. The van der Waals surface area contributed by atoms with Crippen LogP contribution in [0.2, 0.25) is 0 Å². The molecule has 0 bridgehead atoms. The number of halogens is 1. The summed E-state index contributed by atoms with van der Waals surface area (Å²) in [7, 11) is 1.90. The molecule has 162 valence electrons. The molecule has 0 unspecified atom stereocenters. The van der Waals surface area contributed by atoms with Gasteiger partial charge in [0, 0.05) is 29.6 Å². The van der Waals surface area contributed by atoms with Gasteiger partial charge in [-0.25, -0.2) is 4.39 Å². The molecule has 8 heteroatoms. The molecule has 0 aliphatic heterocycles. The van der Waals surface area contributed by atoms with Crippen LogP contribution in [-0.4, -0.2) is 47.0 Å². The molecule has 2 amide bonds. The molecule has 0 fully saturated rings. The van der Waals surface area contributed by atoms with E-state index in [1.54, 1.807) is 36.4 Å². The summed E-state index contributed by atoms with van der Waals surface area (Å²) in [6, 6.07) is 15.2. The number of carbonyl (C=O) groups is 2. The zero-order valence-electron chi connectivity index (χ0n) is 17.6. The van der Waals surface area contributed by atoms with Crippen molar-refractivity contribution in [3.8, 4) is 11.3 Å². The molecular formula is C23H26FN5O2. The number of aryl methyl sites for hydroxylation is 1. The van der Waals surface area contributed by atoms with Gasteiger partial charge in [-0.15, -0.1) is 0 Å². The van der Waals surface area contributed by atoms with Gasteiger partial charge in [-0.3, -0.25) is 19.6 Å². The Bertz CT molecular complexity index is 1020. The van der Waals surface area contributed by atoms with E-state index >= 15 is 0 Å². The Morgan fingerprint density at radius 1 is 1.03 bits per heavy atom. The highest BCUT2D eigenvalue weighted by molar-refractivity contribution is 5.93. The van der Waals surface area contributed by atoms with Gasteiger partial charge in [-0.05, 0) is 81.0 Å². The van der Waals surface area contributed by atoms with Crippen LogP contribution in [0.5, 0.6) is 0 Å². The highest BCUT2D eigenvalue weighted by Crippen LogP contribution is 2.18. The monoisotopic (exact) mass is 423 g/mol. The molecular weight excluding hydrogens is 397 g/mol. The maximum absolute atomic E-state index is 13.0. The lowest BCUT2D eigenvalue weighted by molar-refractivity contribution is -0.117. The Morgan fingerprint density at radius 2 is 1.68 bits per heavy atom. The summed E-state index contributed by atoms with van der Waals surface area (Å²) in [6.45, 7) is 2.47. The minimum absolute atomic E-state index is 0.102. The molecule has 7 nitrogen and oxygen atoms in total. The first-order valence-electron chi connectivity index (χ1n) is 10.1. The molecule has 0 radical (unpaired) electrons. The topological polar surface area (TPSA) is 90.1 Å². The van der Waals surface area contributed by atoms with Crippen LogP contribution >= 0.6 is 0 Å². The van der Waals surface area contributed by atoms with E-state index in [1.807, 2.05) is 18.0 Å². The van der Waals surface area contributed by atoms with Gasteiger partial charge in [0.15, 0.2) is 0 Å². The first kappa shape index (κ1) is 22.2. The van der Waals surface area contributed by atoms with Crippen LogP contribution in [0.25, 0.3) is 11.3 Å². The van der Waals surface area contributed by atoms with Crippen molar-refractivity contribution < 1.29 is 14.0 Å². The molecule has 0 spiro atoms. The van der Waals surface area contributed by atoms with E-state index in [0.717, 1.165) is 36.3 Å². The number of nitrogens with one attached hydrogen (secondary N) is 3. The number of carbonyl (C=O) groups excluding carboxylic acids is 2. The number of H-pyrrole nitrogens is 1. The molecule has 1 heterocycles. The van der Waals surface area contributed by atoms with E-state index < -0.39 is 0 Å². The van der Waals surface area contributed by atoms with Crippen LogP contribution in [0.1, 0.15) is 19.0 Å². The SMILES string of the molecule is CC(=O)Nc1ccc(NC(=O)CN(C)CCCc2cc(-c3ccc(F)cc3)n[nH]2)cc1. The standard InChI is InChI=1S/C23H26FN5O2/c1-16(30)25-19-9-11-20(12-10-19)26-23(31)15-29(2)13-3-4-21-14-22(28-27-21)17-5-7-18(24)8-6-17/h5-12,14H,3-4,13,15H2,1-2H3,(H,25,30)(H,26,31)(H,27,28). The smallest absolute Gasteiger partial charge is 0.238 e. The largest absolute Gasteiger partial charge is 0.326 e. The van der Waals surface area contributed by atoms with Gasteiger partial charge in [0.25, 0.3) is 0 Å². The summed E-state index contributed by atoms with van der Waals surface area (Å²) in [5.74, 6) is -0.510. The van der Waals surface area contributed by atoms with Crippen molar-refractivity contribution in [2.45, 2.75) is 19.8 Å². The summed E-state index contributed by atoms with van der Waals surface area (Å²) in [4.78, 5) is 25.2. The predicted molar refractivity (Wildman–Crippen MR) is 119 cm³/mol. The number of aromatic nitrogens is 2. The normalized spacial score (nSPS) is 10.8. The summed E-state index contributed by atoms with van der Waals surface area (Å²) in [5, 5.41) is 12.8. The Morgan fingerprint density at radius 3 is 2.32 bits per heavy atom. The number of likely N-dealkylation sites (N-methyl/N-ethyl adjacent to an activating group) is 1. The van der Waals surface area contributed by atoms with E-state index in [4.69, 9.17) is 0 Å². The number of amides is 2. The third-order valence-electron chi connectivity index (χ3n) is 4.66. The van der Waals surface area contributed by atoms with E-state index in [-0.39, 0.29) is 24.2 Å². The van der Waals surface area contributed by atoms with E-state index in [1.165, 1.54) is 19.1 Å². The van der Waals surface area contributed by atoms with E-state index in [9.17, 15) is 14.0 Å². The van der Waals surface area contributed by atoms with Crippen LogP contribution < -0.4 is 10.6 Å². The first-order valence-corrected chi connectivity index (χ1v) is 10.1. The lowest BCUT2D eigenvalue weighted by atomic mass is 10.1. The zero-order chi connectivity index (χ0) is 22.2. The minimum Gasteiger partial charge on any atom is -0.326 e. The second-order valence-corrected chi connectivity index (χ2v) is 7.43. The Kier molecular flexibility index (Phi) is 7.50. The molecule has 3 aromatic rings. The Balaban J connectivity index is 1.40. The molecule has 31 heavy (non-hydrogen) atoms. The quantitative estimate of drug-likeness (QED) is 0.490. The van der Waals surface area contributed by atoms with Crippen molar-refractivity contribution in [1.82, 2.24) is 15.1 Å². The van der Waals surface area contributed by atoms with Crippen molar-refractivity contribution in [3.63, 3.8) is 0 Å². The molecule has 0 aliphatic carbocycles. The third kappa shape index (κ3) is 7.04. The molecule has 0 saturated heterocycles. The molecule has 0 atom stereocenters. The van der Waals surface area contributed by atoms with Crippen LogP contribution in [0.3, 0.4) is 0 Å². The van der Waals surface area contributed by atoms with E-state index in [2.05, 4.69) is 20.8 Å². The second-order valence-electron chi connectivity index (χ2n) is 7.43. The number of hydrogen-bond acceptors (Lipinski definition) is 4. The average Bonchev–Trinajstić information content (AvgIpc) is 3.18. The molecule has 2 aromatic carbocycles. The number of nitrogens with zero attached hydrogens (tertiary/aromatic N) is 2. The van der Waals surface area contributed by atoms with Crippen molar-refractivity contribution in [1.29, 1.82) is 0 Å².